The molecule has 7 heteroatoms. The van der Waals surface area contributed by atoms with Crippen LogP contribution >= 0.6 is 11.6 Å². The Hall–Kier alpha value is -2.86. The SMILES string of the molecule is CCCc1ccc([C@@]2(C)NC(=O)N(CC(=O)NCc3ccccc3Cl)C2=O)cc1. The predicted octanol–water partition coefficient (Wildman–Crippen LogP) is 3.38. The molecular weight excluding hydrogens is 390 g/mol. The average Bonchev–Trinajstić information content (AvgIpc) is 2.92. The van der Waals surface area contributed by atoms with Gasteiger partial charge < -0.3 is 10.6 Å². The first kappa shape index (κ1) is 20.9. The number of rotatable bonds is 7. The third-order valence-electron chi connectivity index (χ3n) is 5.08. The lowest BCUT2D eigenvalue weighted by Crippen LogP contribution is -2.43. The zero-order chi connectivity index (χ0) is 21.0. The number of aryl methyl sites for hydroxylation is 1. The van der Waals surface area contributed by atoms with Gasteiger partial charge in [-0.2, -0.15) is 0 Å². The van der Waals surface area contributed by atoms with Gasteiger partial charge in [0.25, 0.3) is 5.91 Å². The first-order valence-corrected chi connectivity index (χ1v) is 9.96. The second kappa shape index (κ2) is 8.66. The number of nitrogens with one attached hydrogen (secondary N) is 2. The molecule has 1 atom stereocenters. The van der Waals surface area contributed by atoms with Crippen molar-refractivity contribution in [2.45, 2.75) is 38.8 Å². The number of hydrogen-bond donors (Lipinski definition) is 2. The highest BCUT2D eigenvalue weighted by Crippen LogP contribution is 2.29. The summed E-state index contributed by atoms with van der Waals surface area (Å²) in [5.41, 5.74) is 1.43. The summed E-state index contributed by atoms with van der Waals surface area (Å²) in [4.78, 5) is 38.6. The molecule has 29 heavy (non-hydrogen) atoms. The topological polar surface area (TPSA) is 78.5 Å². The Morgan fingerprint density at radius 3 is 2.48 bits per heavy atom. The third kappa shape index (κ3) is 4.43. The van der Waals surface area contributed by atoms with E-state index in [1.165, 1.54) is 5.56 Å². The number of urea groups is 1. The van der Waals surface area contributed by atoms with Crippen LogP contribution in [0.3, 0.4) is 0 Å². The normalized spacial score (nSPS) is 18.7. The minimum absolute atomic E-state index is 0.221. The molecule has 1 saturated heterocycles. The van der Waals surface area contributed by atoms with Crippen molar-refractivity contribution in [3.05, 3.63) is 70.2 Å². The Morgan fingerprint density at radius 1 is 1.14 bits per heavy atom. The highest BCUT2D eigenvalue weighted by Gasteiger charge is 2.49. The summed E-state index contributed by atoms with van der Waals surface area (Å²) in [5, 5.41) is 5.97. The van der Waals surface area contributed by atoms with Crippen LogP contribution in [0.25, 0.3) is 0 Å². The van der Waals surface area contributed by atoms with Gasteiger partial charge in [-0.1, -0.05) is 67.4 Å². The molecule has 0 radical (unpaired) electrons. The van der Waals surface area contributed by atoms with Gasteiger partial charge in [0.2, 0.25) is 5.91 Å². The van der Waals surface area contributed by atoms with E-state index < -0.39 is 23.4 Å². The van der Waals surface area contributed by atoms with Gasteiger partial charge in [0.15, 0.2) is 0 Å². The van der Waals surface area contributed by atoms with Crippen LogP contribution in [0.2, 0.25) is 5.02 Å². The molecule has 6 nitrogen and oxygen atoms in total. The molecule has 2 aromatic rings. The van der Waals surface area contributed by atoms with E-state index in [-0.39, 0.29) is 13.1 Å². The van der Waals surface area contributed by atoms with Crippen LogP contribution in [-0.4, -0.2) is 29.3 Å². The van der Waals surface area contributed by atoms with Crippen molar-refractivity contribution in [3.63, 3.8) is 0 Å². The van der Waals surface area contributed by atoms with Crippen LogP contribution < -0.4 is 10.6 Å². The van der Waals surface area contributed by atoms with Gasteiger partial charge in [0.1, 0.15) is 12.1 Å². The number of hydrogen-bond acceptors (Lipinski definition) is 3. The van der Waals surface area contributed by atoms with Crippen molar-refractivity contribution in [1.82, 2.24) is 15.5 Å². The highest BCUT2D eigenvalue weighted by atomic mass is 35.5. The van der Waals surface area contributed by atoms with E-state index in [0.29, 0.717) is 10.6 Å². The quantitative estimate of drug-likeness (QED) is 0.683. The minimum atomic E-state index is -1.19. The van der Waals surface area contributed by atoms with Gasteiger partial charge in [-0.25, -0.2) is 4.79 Å². The zero-order valence-electron chi connectivity index (χ0n) is 16.5. The Balaban J connectivity index is 1.66. The third-order valence-corrected chi connectivity index (χ3v) is 5.45. The van der Waals surface area contributed by atoms with E-state index in [2.05, 4.69) is 17.6 Å². The van der Waals surface area contributed by atoms with Crippen LogP contribution in [0.4, 0.5) is 4.79 Å². The number of imide groups is 1. The number of benzene rings is 2. The molecule has 2 aromatic carbocycles. The lowest BCUT2D eigenvalue weighted by molar-refractivity contribution is -0.134. The van der Waals surface area contributed by atoms with Gasteiger partial charge in [0, 0.05) is 11.6 Å². The molecule has 2 N–H and O–H groups in total. The summed E-state index contributed by atoms with van der Waals surface area (Å²) in [6.45, 7) is 3.63. The smallest absolute Gasteiger partial charge is 0.325 e. The van der Waals surface area contributed by atoms with E-state index in [9.17, 15) is 14.4 Å². The molecule has 1 heterocycles. The molecule has 0 unspecified atom stereocenters. The Morgan fingerprint density at radius 2 is 1.83 bits per heavy atom. The van der Waals surface area contributed by atoms with Crippen LogP contribution in [0.15, 0.2) is 48.5 Å². The van der Waals surface area contributed by atoms with E-state index in [1.54, 1.807) is 25.1 Å². The molecular formula is C22H24ClN3O3. The van der Waals surface area contributed by atoms with Crippen molar-refractivity contribution >= 4 is 29.4 Å². The fraction of sp³-hybridized carbons (Fsp3) is 0.318. The van der Waals surface area contributed by atoms with E-state index in [4.69, 9.17) is 11.6 Å². The number of nitrogens with zero attached hydrogens (tertiary/aromatic N) is 1. The van der Waals surface area contributed by atoms with Crippen LogP contribution in [0.1, 0.15) is 37.0 Å². The fourth-order valence-electron chi connectivity index (χ4n) is 3.36. The van der Waals surface area contributed by atoms with E-state index in [0.717, 1.165) is 23.3 Å². The summed E-state index contributed by atoms with van der Waals surface area (Å²) in [7, 11) is 0. The maximum atomic E-state index is 13.0. The Labute approximate surface area is 175 Å². The second-order valence-corrected chi connectivity index (χ2v) is 7.67. The number of amides is 4. The first-order valence-electron chi connectivity index (χ1n) is 9.58. The summed E-state index contributed by atoms with van der Waals surface area (Å²) >= 11 is 6.08. The monoisotopic (exact) mass is 413 g/mol. The summed E-state index contributed by atoms with van der Waals surface area (Å²) in [5.74, 6) is -0.880. The molecule has 1 fully saturated rings. The number of carbonyl (C=O) groups excluding carboxylic acids is 3. The summed E-state index contributed by atoms with van der Waals surface area (Å²) in [6, 6.07) is 14.2. The molecule has 152 valence electrons. The van der Waals surface area contributed by atoms with Crippen LogP contribution in [0, 0.1) is 0 Å². The molecule has 1 aliphatic heterocycles. The molecule has 4 amide bonds. The van der Waals surface area contributed by atoms with Crippen molar-refractivity contribution < 1.29 is 14.4 Å². The standard InChI is InChI=1S/C22H24ClN3O3/c1-3-6-15-9-11-17(12-10-15)22(2)20(28)26(21(29)25-22)14-19(27)24-13-16-7-4-5-8-18(16)23/h4-5,7-12H,3,6,13-14H2,1-2H3,(H,24,27)(H,25,29)/t22-/m1/s1. The predicted molar refractivity (Wildman–Crippen MR) is 111 cm³/mol. The Kier molecular flexibility index (Phi) is 6.23. The lowest BCUT2D eigenvalue weighted by atomic mass is 9.91. The van der Waals surface area contributed by atoms with Crippen molar-refractivity contribution in [2.24, 2.45) is 0 Å². The van der Waals surface area contributed by atoms with E-state index in [1.807, 2.05) is 30.3 Å². The zero-order valence-corrected chi connectivity index (χ0v) is 17.3. The molecule has 1 aliphatic rings. The van der Waals surface area contributed by atoms with Gasteiger partial charge >= 0.3 is 6.03 Å². The second-order valence-electron chi connectivity index (χ2n) is 7.26. The fourth-order valence-corrected chi connectivity index (χ4v) is 3.57. The maximum Gasteiger partial charge on any atom is 0.325 e. The maximum absolute atomic E-state index is 13.0. The number of halogens is 1. The minimum Gasteiger partial charge on any atom is -0.350 e. The van der Waals surface area contributed by atoms with Gasteiger partial charge in [-0.05, 0) is 36.1 Å². The summed E-state index contributed by atoms with van der Waals surface area (Å²) < 4.78 is 0. The summed E-state index contributed by atoms with van der Waals surface area (Å²) in [6.07, 6.45) is 1.98. The largest absolute Gasteiger partial charge is 0.350 e. The van der Waals surface area contributed by atoms with Crippen molar-refractivity contribution in [3.8, 4) is 0 Å². The molecule has 0 bridgehead atoms. The van der Waals surface area contributed by atoms with Gasteiger partial charge in [0.05, 0.1) is 0 Å². The average molecular weight is 414 g/mol. The number of carbonyl (C=O) groups is 3. The molecule has 3 rings (SSSR count). The van der Waals surface area contributed by atoms with Crippen molar-refractivity contribution in [2.75, 3.05) is 6.54 Å². The first-order chi connectivity index (χ1) is 13.8. The highest BCUT2D eigenvalue weighted by molar-refractivity contribution is 6.31. The van der Waals surface area contributed by atoms with Crippen LogP contribution in [-0.2, 0) is 28.1 Å². The van der Waals surface area contributed by atoms with Crippen LogP contribution in [0.5, 0.6) is 0 Å². The lowest BCUT2D eigenvalue weighted by Gasteiger charge is -2.22. The van der Waals surface area contributed by atoms with E-state index >= 15 is 0 Å². The van der Waals surface area contributed by atoms with Crippen molar-refractivity contribution in [1.29, 1.82) is 0 Å². The van der Waals surface area contributed by atoms with Gasteiger partial charge in [-0.15, -0.1) is 0 Å². The molecule has 0 saturated carbocycles. The Bertz CT molecular complexity index is 929. The van der Waals surface area contributed by atoms with Gasteiger partial charge in [-0.3, -0.25) is 14.5 Å². The molecule has 0 aliphatic carbocycles. The molecule has 0 aromatic heterocycles. The molecule has 0 spiro atoms.